The molecule has 0 unspecified atom stereocenters. The highest BCUT2D eigenvalue weighted by molar-refractivity contribution is 7.72. The van der Waals surface area contributed by atoms with Crippen molar-refractivity contribution in [3.8, 4) is 17.2 Å². The van der Waals surface area contributed by atoms with Crippen LogP contribution in [-0.2, 0) is 20.0 Å². The largest absolute Gasteiger partial charge is 0.502 e. The maximum Gasteiger partial charge on any atom is 0.376 e. The summed E-state index contributed by atoms with van der Waals surface area (Å²) in [6, 6.07) is 3.22. The van der Waals surface area contributed by atoms with Crippen molar-refractivity contribution in [2.24, 2.45) is 4.99 Å². The molecular weight excluding hydrogens is 409 g/mol. The molecule has 0 bridgehead atoms. The smallest absolute Gasteiger partial charge is 0.376 e. The molecule has 0 saturated heterocycles. The highest BCUT2D eigenvalue weighted by Crippen LogP contribution is 2.53. The Morgan fingerprint density at radius 3 is 2.07 bits per heavy atom. The molecule has 1 heterocycles. The van der Waals surface area contributed by atoms with E-state index in [1.807, 2.05) is 0 Å². The SMILES string of the molecule is COc1cc(CC(=Nc2cnccn2)P(=O)(OC(C)C)OC(C)C)cc(OC)c1O. The molecule has 0 aliphatic carbocycles. The number of hydrogen-bond acceptors (Lipinski definition) is 9. The summed E-state index contributed by atoms with van der Waals surface area (Å²) < 4.78 is 35.7. The Labute approximate surface area is 176 Å². The molecule has 0 amide bonds. The molecule has 0 radical (unpaired) electrons. The number of phenolic OH excluding ortho intramolecular Hbond substituents is 1. The molecule has 0 aliphatic heterocycles. The molecule has 10 heteroatoms. The van der Waals surface area contributed by atoms with Crippen LogP contribution in [0.1, 0.15) is 33.3 Å². The van der Waals surface area contributed by atoms with Crippen LogP contribution in [0.4, 0.5) is 5.82 Å². The van der Waals surface area contributed by atoms with Gasteiger partial charge in [0.05, 0.1) is 32.6 Å². The number of phenols is 1. The molecule has 1 N–H and O–H groups in total. The van der Waals surface area contributed by atoms with Gasteiger partial charge in [-0.1, -0.05) is 0 Å². The van der Waals surface area contributed by atoms with Crippen LogP contribution in [0.25, 0.3) is 0 Å². The lowest BCUT2D eigenvalue weighted by molar-refractivity contribution is 0.152. The average Bonchev–Trinajstić information content (AvgIpc) is 2.68. The van der Waals surface area contributed by atoms with E-state index in [0.29, 0.717) is 5.56 Å². The van der Waals surface area contributed by atoms with E-state index in [0.717, 1.165) is 0 Å². The van der Waals surface area contributed by atoms with Crippen LogP contribution in [0, 0.1) is 0 Å². The van der Waals surface area contributed by atoms with Crippen LogP contribution in [0.2, 0.25) is 0 Å². The number of rotatable bonds is 10. The second-order valence-corrected chi connectivity index (χ2v) is 8.86. The quantitative estimate of drug-likeness (QED) is 0.427. The van der Waals surface area contributed by atoms with E-state index in [4.69, 9.17) is 18.5 Å². The molecule has 0 atom stereocenters. The standard InChI is InChI=1S/C20H28N3O6P/c1-13(2)28-30(25,29-14(3)4)19(23-18-12-21-7-8-22-18)11-15-9-16(26-5)20(24)17(10-15)27-6/h7-10,12-14,24H,11H2,1-6H3. The predicted octanol–water partition coefficient (Wildman–Crippen LogP) is 4.52. The van der Waals surface area contributed by atoms with E-state index >= 15 is 0 Å². The summed E-state index contributed by atoms with van der Waals surface area (Å²) in [5, 5.41) is 10.2. The molecule has 1 aromatic heterocycles. The Bertz CT molecular complexity index is 879. The van der Waals surface area contributed by atoms with Gasteiger partial charge in [-0.15, -0.1) is 0 Å². The number of hydrogen-bond donors (Lipinski definition) is 1. The number of benzene rings is 1. The number of aliphatic imine (C=N–C) groups is 1. The fourth-order valence-corrected chi connectivity index (χ4v) is 4.62. The van der Waals surface area contributed by atoms with Crippen LogP contribution in [-0.4, -0.2) is 47.0 Å². The molecule has 164 valence electrons. The lowest BCUT2D eigenvalue weighted by Gasteiger charge is -2.24. The molecule has 0 saturated carbocycles. The minimum atomic E-state index is -3.79. The van der Waals surface area contributed by atoms with E-state index in [-0.39, 0.29) is 47.1 Å². The molecule has 9 nitrogen and oxygen atoms in total. The van der Waals surface area contributed by atoms with Crippen molar-refractivity contribution in [1.29, 1.82) is 0 Å². The summed E-state index contributed by atoms with van der Waals surface area (Å²) >= 11 is 0. The van der Waals surface area contributed by atoms with Gasteiger partial charge in [0.1, 0.15) is 5.45 Å². The van der Waals surface area contributed by atoms with Crippen molar-refractivity contribution in [2.75, 3.05) is 14.2 Å². The third-order valence-electron chi connectivity index (χ3n) is 3.71. The van der Waals surface area contributed by atoms with Gasteiger partial charge in [0.25, 0.3) is 0 Å². The third kappa shape index (κ3) is 6.26. The number of methoxy groups -OCH3 is 2. The van der Waals surface area contributed by atoms with E-state index in [1.54, 1.807) is 39.8 Å². The van der Waals surface area contributed by atoms with E-state index < -0.39 is 7.60 Å². The van der Waals surface area contributed by atoms with E-state index in [2.05, 4.69) is 15.0 Å². The zero-order valence-corrected chi connectivity index (χ0v) is 18.9. The molecule has 30 heavy (non-hydrogen) atoms. The van der Waals surface area contributed by atoms with Gasteiger partial charge in [-0.2, -0.15) is 0 Å². The highest BCUT2D eigenvalue weighted by atomic mass is 31.2. The Kier molecular flexibility index (Phi) is 8.34. The normalized spacial score (nSPS) is 12.5. The molecular formula is C20H28N3O6P. The van der Waals surface area contributed by atoms with Gasteiger partial charge in [0, 0.05) is 18.8 Å². The minimum absolute atomic E-state index is 0.0836. The number of aromatic hydroxyl groups is 1. The third-order valence-corrected chi connectivity index (χ3v) is 6.00. The van der Waals surface area contributed by atoms with Crippen molar-refractivity contribution in [3.63, 3.8) is 0 Å². The fourth-order valence-electron chi connectivity index (χ4n) is 2.61. The van der Waals surface area contributed by atoms with Crippen LogP contribution >= 0.6 is 7.60 Å². The molecule has 0 aliphatic rings. The van der Waals surface area contributed by atoms with Crippen molar-refractivity contribution < 1.29 is 28.2 Å². The first-order chi connectivity index (χ1) is 14.2. The van der Waals surface area contributed by atoms with Crippen LogP contribution in [0.15, 0.2) is 35.7 Å². The van der Waals surface area contributed by atoms with Gasteiger partial charge in [-0.25, -0.2) is 9.98 Å². The Morgan fingerprint density at radius 2 is 1.63 bits per heavy atom. The first-order valence-corrected chi connectivity index (χ1v) is 11.0. The predicted molar refractivity (Wildman–Crippen MR) is 114 cm³/mol. The molecule has 0 spiro atoms. The average molecular weight is 437 g/mol. The fraction of sp³-hybridized carbons (Fsp3) is 0.450. The molecule has 0 fully saturated rings. The summed E-state index contributed by atoms with van der Waals surface area (Å²) in [6.07, 6.45) is 3.80. The van der Waals surface area contributed by atoms with Crippen LogP contribution in [0.3, 0.4) is 0 Å². The van der Waals surface area contributed by atoms with Gasteiger partial charge in [0.15, 0.2) is 17.3 Å². The zero-order valence-electron chi connectivity index (χ0n) is 18.0. The first kappa shape index (κ1) is 23.8. The van der Waals surface area contributed by atoms with E-state index in [9.17, 15) is 9.67 Å². The van der Waals surface area contributed by atoms with Crippen molar-refractivity contribution in [2.45, 2.75) is 46.3 Å². The minimum Gasteiger partial charge on any atom is -0.502 e. The lowest BCUT2D eigenvalue weighted by atomic mass is 10.1. The second kappa shape index (κ2) is 10.5. The van der Waals surface area contributed by atoms with Gasteiger partial charge in [-0.3, -0.25) is 9.55 Å². The summed E-state index contributed by atoms with van der Waals surface area (Å²) in [6.45, 7) is 7.07. The molecule has 1 aromatic carbocycles. The Hall–Kier alpha value is -2.48. The van der Waals surface area contributed by atoms with Crippen LogP contribution in [0.5, 0.6) is 17.2 Å². The maximum atomic E-state index is 13.8. The topological polar surface area (TPSA) is 112 Å². The van der Waals surface area contributed by atoms with E-state index in [1.165, 1.54) is 32.8 Å². The summed E-state index contributed by atoms with van der Waals surface area (Å²) in [5.74, 6) is 0.571. The number of nitrogens with zero attached hydrogens (tertiary/aromatic N) is 3. The Balaban J connectivity index is 2.59. The van der Waals surface area contributed by atoms with Crippen molar-refractivity contribution in [1.82, 2.24) is 9.97 Å². The van der Waals surface area contributed by atoms with Gasteiger partial charge >= 0.3 is 7.60 Å². The zero-order chi connectivity index (χ0) is 22.3. The van der Waals surface area contributed by atoms with Crippen molar-refractivity contribution >= 4 is 18.9 Å². The number of ether oxygens (including phenoxy) is 2. The number of aromatic nitrogens is 2. The summed E-state index contributed by atoms with van der Waals surface area (Å²) in [5.41, 5.74) is 0.782. The van der Waals surface area contributed by atoms with Gasteiger partial charge in [0.2, 0.25) is 5.75 Å². The molecule has 2 rings (SSSR count). The maximum absolute atomic E-state index is 13.8. The monoisotopic (exact) mass is 437 g/mol. The molecule has 2 aromatic rings. The van der Waals surface area contributed by atoms with Gasteiger partial charge in [-0.05, 0) is 45.4 Å². The van der Waals surface area contributed by atoms with Gasteiger partial charge < -0.3 is 23.6 Å². The lowest BCUT2D eigenvalue weighted by Crippen LogP contribution is -2.16. The highest BCUT2D eigenvalue weighted by Gasteiger charge is 2.35. The first-order valence-electron chi connectivity index (χ1n) is 9.43. The Morgan fingerprint density at radius 1 is 1.07 bits per heavy atom. The summed E-state index contributed by atoms with van der Waals surface area (Å²) in [4.78, 5) is 12.6. The second-order valence-electron chi connectivity index (χ2n) is 6.92. The van der Waals surface area contributed by atoms with Crippen LogP contribution < -0.4 is 9.47 Å². The van der Waals surface area contributed by atoms with Crippen molar-refractivity contribution in [3.05, 3.63) is 36.3 Å². The summed E-state index contributed by atoms with van der Waals surface area (Å²) in [7, 11) is -0.930.